The fourth-order valence-electron chi connectivity index (χ4n) is 4.35. The lowest BCUT2D eigenvalue weighted by Crippen LogP contribution is -2.47. The van der Waals surface area contributed by atoms with Gasteiger partial charge >= 0.3 is 0 Å². The van der Waals surface area contributed by atoms with Crippen LogP contribution in [-0.4, -0.2) is 79.5 Å². The molecule has 2 aromatic carbocycles. The summed E-state index contributed by atoms with van der Waals surface area (Å²) in [7, 11) is 0. The van der Waals surface area contributed by atoms with Crippen LogP contribution in [0.15, 0.2) is 69.1 Å². The molecule has 0 amide bonds. The third kappa shape index (κ3) is 5.98. The molecule has 1 atom stereocenters. The fraction of sp³-hybridized carbons (Fsp3) is 0.370. The zero-order valence-electron chi connectivity index (χ0n) is 20.8. The molecule has 194 valence electrons. The van der Waals surface area contributed by atoms with Crippen molar-refractivity contribution in [2.24, 2.45) is 15.7 Å². The monoisotopic (exact) mass is 506 g/mol. The predicted molar refractivity (Wildman–Crippen MR) is 139 cm³/mol. The van der Waals surface area contributed by atoms with Crippen molar-refractivity contribution in [1.82, 2.24) is 15.0 Å². The van der Waals surface area contributed by atoms with Crippen molar-refractivity contribution >= 4 is 17.8 Å². The van der Waals surface area contributed by atoms with Gasteiger partial charge in [0.25, 0.3) is 5.88 Å². The molecule has 37 heavy (non-hydrogen) atoms. The van der Waals surface area contributed by atoms with Gasteiger partial charge in [0, 0.05) is 43.7 Å². The van der Waals surface area contributed by atoms with Crippen molar-refractivity contribution in [3.05, 3.63) is 71.7 Å². The Bertz CT molecular complexity index is 1250. The van der Waals surface area contributed by atoms with Gasteiger partial charge in [-0.15, -0.1) is 0 Å². The number of ether oxygens (including phenoxy) is 2. The van der Waals surface area contributed by atoms with E-state index in [-0.39, 0.29) is 11.7 Å². The third-order valence-corrected chi connectivity index (χ3v) is 6.59. The molecule has 10 heteroatoms. The summed E-state index contributed by atoms with van der Waals surface area (Å²) in [6.07, 6.45) is 0. The first-order valence-corrected chi connectivity index (χ1v) is 12.5. The largest absolute Gasteiger partial charge is 0.378 e. The number of hydrogen-bond acceptors (Lipinski definition) is 5. The molecule has 2 saturated heterocycles. The molecule has 2 N–H and O–H groups in total. The maximum atomic E-state index is 15.0. The Morgan fingerprint density at radius 1 is 0.946 bits per heavy atom. The average molecular weight is 507 g/mol. The number of aromatic nitrogens is 1. The van der Waals surface area contributed by atoms with Crippen molar-refractivity contribution in [2.45, 2.75) is 12.8 Å². The summed E-state index contributed by atoms with van der Waals surface area (Å²) in [6.45, 7) is 6.97. The number of guanidine groups is 2. The Kier molecular flexibility index (Phi) is 7.76. The molecule has 1 aromatic heterocycles. The number of benzene rings is 2. The minimum Gasteiger partial charge on any atom is -0.378 e. The number of nitrogens with zero attached hydrogens (tertiary/aromatic N) is 5. The van der Waals surface area contributed by atoms with Crippen molar-refractivity contribution < 1.29 is 18.4 Å². The van der Waals surface area contributed by atoms with Crippen LogP contribution in [0.5, 0.6) is 0 Å². The van der Waals surface area contributed by atoms with Gasteiger partial charge in [0.05, 0.1) is 32.1 Å². The van der Waals surface area contributed by atoms with Crippen molar-refractivity contribution in [3.63, 3.8) is 0 Å². The lowest BCUT2D eigenvalue weighted by Gasteiger charge is -2.30. The van der Waals surface area contributed by atoms with Crippen LogP contribution in [0.2, 0.25) is 0 Å². The van der Waals surface area contributed by atoms with Crippen LogP contribution in [-0.2, 0) is 9.47 Å². The van der Waals surface area contributed by atoms with Crippen LogP contribution < -0.4 is 5.73 Å². The molecule has 2 aliphatic rings. The summed E-state index contributed by atoms with van der Waals surface area (Å²) in [5, 5.41) is 4.22. The SMILES string of the molecule is CC(c1ccc(-c2ccccc2)c(F)c1)c1cc(/N=C(\N=C(/N)N2CCOCC2)N2CCOCC2)on1. The first kappa shape index (κ1) is 24.9. The summed E-state index contributed by atoms with van der Waals surface area (Å²) in [5.41, 5.74) is 9.15. The zero-order chi connectivity index (χ0) is 25.6. The standard InChI is InChI=1S/C27H31FN6O3/c1-19(21-7-8-22(23(28)17-21)20-5-3-2-4-6-20)24-18-25(37-32-24)30-27(34-11-15-36-16-12-34)31-26(29)33-9-13-35-14-10-33/h2-8,17-19H,9-16H2,1H3,(H2,29,30,31). The van der Waals surface area contributed by atoms with E-state index < -0.39 is 0 Å². The second kappa shape index (κ2) is 11.5. The molecule has 3 heterocycles. The van der Waals surface area contributed by atoms with Crippen LogP contribution in [0, 0.1) is 5.82 Å². The minimum atomic E-state index is -0.278. The van der Waals surface area contributed by atoms with Crippen LogP contribution in [0.3, 0.4) is 0 Å². The fourth-order valence-corrected chi connectivity index (χ4v) is 4.35. The molecular weight excluding hydrogens is 475 g/mol. The van der Waals surface area contributed by atoms with Gasteiger partial charge in [-0.3, -0.25) is 0 Å². The number of rotatable bonds is 4. The third-order valence-electron chi connectivity index (χ3n) is 6.59. The molecule has 0 spiro atoms. The van der Waals surface area contributed by atoms with Gasteiger partial charge in [-0.1, -0.05) is 54.5 Å². The highest BCUT2D eigenvalue weighted by molar-refractivity contribution is 5.95. The molecule has 2 aliphatic heterocycles. The topological polar surface area (TPSA) is 102 Å². The number of morpholine rings is 2. The van der Waals surface area contributed by atoms with E-state index in [0.29, 0.717) is 81.7 Å². The molecule has 0 radical (unpaired) electrons. The second-order valence-corrected chi connectivity index (χ2v) is 9.00. The number of aliphatic imine (C=N–C) groups is 2. The van der Waals surface area contributed by atoms with Gasteiger partial charge in [-0.25, -0.2) is 4.39 Å². The van der Waals surface area contributed by atoms with Gasteiger partial charge in [-0.2, -0.15) is 9.98 Å². The highest BCUT2D eigenvalue weighted by Crippen LogP contribution is 2.30. The normalized spacial score (nSPS) is 18.2. The van der Waals surface area contributed by atoms with Crippen molar-refractivity contribution in [2.75, 3.05) is 52.6 Å². The molecule has 1 unspecified atom stereocenters. The summed E-state index contributed by atoms with van der Waals surface area (Å²) >= 11 is 0. The number of hydrogen-bond donors (Lipinski definition) is 1. The molecular formula is C27H31FN6O3. The van der Waals surface area contributed by atoms with E-state index in [1.807, 2.05) is 53.1 Å². The lowest BCUT2D eigenvalue weighted by atomic mass is 9.95. The summed E-state index contributed by atoms with van der Waals surface area (Å²) in [6, 6.07) is 16.5. The molecule has 0 bridgehead atoms. The Hall–Kier alpha value is -3.76. The molecule has 5 rings (SSSR count). The Morgan fingerprint density at radius 2 is 1.62 bits per heavy atom. The zero-order valence-corrected chi connectivity index (χ0v) is 20.8. The summed E-state index contributed by atoms with van der Waals surface area (Å²) < 4.78 is 31.4. The second-order valence-electron chi connectivity index (χ2n) is 9.00. The van der Waals surface area contributed by atoms with Crippen molar-refractivity contribution in [1.29, 1.82) is 0 Å². The molecule has 0 saturated carbocycles. The van der Waals surface area contributed by atoms with Crippen molar-refractivity contribution in [3.8, 4) is 11.1 Å². The van der Waals surface area contributed by atoms with E-state index in [1.165, 1.54) is 0 Å². The Balaban J connectivity index is 1.38. The van der Waals surface area contributed by atoms with Gasteiger partial charge in [-0.05, 0) is 17.2 Å². The number of halogens is 1. The predicted octanol–water partition coefficient (Wildman–Crippen LogP) is 3.60. The van der Waals surface area contributed by atoms with E-state index in [0.717, 1.165) is 11.1 Å². The Morgan fingerprint density at radius 3 is 2.30 bits per heavy atom. The van der Waals surface area contributed by atoms with E-state index >= 15 is 0 Å². The lowest BCUT2D eigenvalue weighted by molar-refractivity contribution is 0.0657. The van der Waals surface area contributed by atoms with Gasteiger partial charge < -0.3 is 29.5 Å². The van der Waals surface area contributed by atoms with E-state index in [9.17, 15) is 4.39 Å². The minimum absolute atomic E-state index is 0.194. The van der Waals surface area contributed by atoms with Crippen LogP contribution in [0.25, 0.3) is 11.1 Å². The summed E-state index contributed by atoms with van der Waals surface area (Å²) in [4.78, 5) is 13.3. The van der Waals surface area contributed by atoms with Gasteiger partial charge in [0.2, 0.25) is 5.96 Å². The Labute approximate surface area is 215 Å². The van der Waals surface area contributed by atoms with E-state index in [2.05, 4.69) is 15.1 Å². The quantitative estimate of drug-likeness (QED) is 0.426. The average Bonchev–Trinajstić information content (AvgIpc) is 3.42. The highest BCUT2D eigenvalue weighted by atomic mass is 19.1. The van der Waals surface area contributed by atoms with Gasteiger partial charge in [0.15, 0.2) is 5.96 Å². The van der Waals surface area contributed by atoms with Crippen LogP contribution in [0.1, 0.15) is 24.1 Å². The van der Waals surface area contributed by atoms with Crippen LogP contribution >= 0.6 is 0 Å². The maximum Gasteiger partial charge on any atom is 0.253 e. The van der Waals surface area contributed by atoms with E-state index in [1.54, 1.807) is 18.2 Å². The molecule has 2 fully saturated rings. The number of nitrogens with two attached hydrogens (primary N) is 1. The molecule has 0 aliphatic carbocycles. The first-order chi connectivity index (χ1) is 18.1. The first-order valence-electron chi connectivity index (χ1n) is 12.5. The highest BCUT2D eigenvalue weighted by Gasteiger charge is 2.21. The van der Waals surface area contributed by atoms with Crippen LogP contribution in [0.4, 0.5) is 10.3 Å². The summed E-state index contributed by atoms with van der Waals surface area (Å²) in [5.74, 6) is 0.667. The molecule has 3 aromatic rings. The smallest absolute Gasteiger partial charge is 0.253 e. The van der Waals surface area contributed by atoms with E-state index in [4.69, 9.17) is 19.7 Å². The molecule has 9 nitrogen and oxygen atoms in total. The maximum absolute atomic E-state index is 15.0. The van der Waals surface area contributed by atoms with Gasteiger partial charge in [0.1, 0.15) is 5.82 Å².